The molecule has 27 heavy (non-hydrogen) atoms. The number of benzene rings is 2. The Balaban J connectivity index is 1.62. The van der Waals surface area contributed by atoms with E-state index in [1.165, 1.54) is 18.2 Å². The Morgan fingerprint density at radius 3 is 2.63 bits per heavy atom. The van der Waals surface area contributed by atoms with E-state index in [1.54, 1.807) is 0 Å². The van der Waals surface area contributed by atoms with Crippen LogP contribution in [0.25, 0.3) is 0 Å². The summed E-state index contributed by atoms with van der Waals surface area (Å²) >= 11 is 1.41. The second-order valence-corrected chi connectivity index (χ2v) is 8.21. The molecule has 0 aliphatic carbocycles. The molecular formula is C22H26N2O2S. The smallest absolute Gasteiger partial charge is 0.254 e. The molecule has 1 aliphatic heterocycles. The summed E-state index contributed by atoms with van der Waals surface area (Å²) in [6.45, 7) is 5.83. The maximum Gasteiger partial charge on any atom is 0.254 e. The third-order valence-corrected chi connectivity index (χ3v) is 5.83. The van der Waals surface area contributed by atoms with Gasteiger partial charge in [0.15, 0.2) is 0 Å². The summed E-state index contributed by atoms with van der Waals surface area (Å²) in [5.41, 5.74) is 2.64. The van der Waals surface area contributed by atoms with Crippen molar-refractivity contribution in [3.05, 3.63) is 59.7 Å². The molecule has 1 fully saturated rings. The minimum Gasteiger partial charge on any atom is -0.338 e. The maximum absolute atomic E-state index is 12.9. The first-order chi connectivity index (χ1) is 13.0. The summed E-state index contributed by atoms with van der Waals surface area (Å²) in [6, 6.07) is 15.3. The van der Waals surface area contributed by atoms with E-state index in [0.717, 1.165) is 35.7 Å². The van der Waals surface area contributed by atoms with Crippen molar-refractivity contribution in [2.24, 2.45) is 5.92 Å². The molecule has 4 nitrogen and oxygen atoms in total. The fourth-order valence-electron chi connectivity index (χ4n) is 3.29. The summed E-state index contributed by atoms with van der Waals surface area (Å²) in [5.74, 6) is 0.818. The van der Waals surface area contributed by atoms with Crippen molar-refractivity contribution < 1.29 is 9.59 Å². The predicted octanol–water partition coefficient (Wildman–Crippen LogP) is 4.60. The van der Waals surface area contributed by atoms with Crippen LogP contribution in [-0.2, 0) is 4.79 Å². The van der Waals surface area contributed by atoms with Crippen LogP contribution >= 0.6 is 11.8 Å². The molecule has 1 N–H and O–H groups in total. The monoisotopic (exact) mass is 382 g/mol. The first kappa shape index (κ1) is 19.5. The van der Waals surface area contributed by atoms with Gasteiger partial charge in [-0.2, -0.15) is 0 Å². The number of hydrogen-bond acceptors (Lipinski definition) is 3. The van der Waals surface area contributed by atoms with Crippen LogP contribution in [-0.4, -0.2) is 35.6 Å². The van der Waals surface area contributed by atoms with E-state index in [2.05, 4.69) is 12.2 Å². The number of aryl methyl sites for hydroxylation is 1. The van der Waals surface area contributed by atoms with Gasteiger partial charge >= 0.3 is 0 Å². The maximum atomic E-state index is 12.9. The Labute approximate surface area is 165 Å². The molecule has 3 rings (SSSR count). The van der Waals surface area contributed by atoms with Crippen LogP contribution in [0.4, 0.5) is 5.69 Å². The van der Waals surface area contributed by atoms with Crippen LogP contribution < -0.4 is 5.32 Å². The highest BCUT2D eigenvalue weighted by molar-refractivity contribution is 8.00. The molecule has 5 heteroatoms. The average molecular weight is 383 g/mol. The van der Waals surface area contributed by atoms with Gasteiger partial charge in [-0.3, -0.25) is 9.59 Å². The molecule has 0 bridgehead atoms. The lowest BCUT2D eigenvalue weighted by atomic mass is 9.99. The number of piperidine rings is 1. The lowest BCUT2D eigenvalue weighted by Gasteiger charge is -2.31. The minimum absolute atomic E-state index is 0.0716. The summed E-state index contributed by atoms with van der Waals surface area (Å²) in [5, 5.41) is 2.90. The molecule has 0 saturated carbocycles. The quantitative estimate of drug-likeness (QED) is 0.769. The highest BCUT2D eigenvalue weighted by Crippen LogP contribution is 2.26. The Hall–Kier alpha value is -2.27. The summed E-state index contributed by atoms with van der Waals surface area (Å²) in [7, 11) is 0. The largest absolute Gasteiger partial charge is 0.338 e. The van der Waals surface area contributed by atoms with E-state index in [-0.39, 0.29) is 17.6 Å². The number of thioether (sulfide) groups is 1. The number of nitrogens with one attached hydrogen (secondary N) is 1. The normalized spacial score (nSPS) is 16.8. The van der Waals surface area contributed by atoms with Crippen molar-refractivity contribution in [2.45, 2.75) is 31.6 Å². The molecule has 142 valence electrons. The standard InChI is InChI=1S/C22H26N2O2S/c1-16-9-11-18(12-10-16)23-21(25)15-27-20-8-4-3-7-19(20)22(26)24-13-5-6-17(2)14-24/h3-4,7-12,17H,5-6,13-15H2,1-2H3,(H,23,25). The summed E-state index contributed by atoms with van der Waals surface area (Å²) in [4.78, 5) is 28.0. The van der Waals surface area contributed by atoms with E-state index in [1.807, 2.05) is 60.4 Å². The Bertz CT molecular complexity index is 804. The van der Waals surface area contributed by atoms with E-state index in [0.29, 0.717) is 11.5 Å². The van der Waals surface area contributed by atoms with Gasteiger partial charge in [0.25, 0.3) is 5.91 Å². The van der Waals surface area contributed by atoms with Crippen molar-refractivity contribution in [3.8, 4) is 0 Å². The number of hydrogen-bond donors (Lipinski definition) is 1. The second kappa shape index (κ2) is 9.09. The summed E-state index contributed by atoms with van der Waals surface area (Å²) < 4.78 is 0. The molecule has 1 unspecified atom stereocenters. The lowest BCUT2D eigenvalue weighted by molar-refractivity contribution is -0.113. The van der Waals surface area contributed by atoms with Gasteiger partial charge in [-0.15, -0.1) is 11.8 Å². The zero-order chi connectivity index (χ0) is 19.2. The third-order valence-electron chi connectivity index (χ3n) is 4.76. The van der Waals surface area contributed by atoms with Gasteiger partial charge in [-0.25, -0.2) is 0 Å². The number of rotatable bonds is 5. The van der Waals surface area contributed by atoms with E-state index >= 15 is 0 Å². The van der Waals surface area contributed by atoms with Gasteiger partial charge in [0.1, 0.15) is 0 Å². The first-order valence-corrected chi connectivity index (χ1v) is 10.4. The van der Waals surface area contributed by atoms with Crippen LogP contribution in [0.2, 0.25) is 0 Å². The van der Waals surface area contributed by atoms with Crippen LogP contribution in [0.3, 0.4) is 0 Å². The predicted molar refractivity (Wildman–Crippen MR) is 111 cm³/mol. The zero-order valence-electron chi connectivity index (χ0n) is 15.9. The number of carbonyl (C=O) groups is 2. The molecule has 0 radical (unpaired) electrons. The van der Waals surface area contributed by atoms with Crippen molar-refractivity contribution >= 4 is 29.3 Å². The van der Waals surface area contributed by atoms with Gasteiger partial charge in [-0.05, 0) is 49.9 Å². The van der Waals surface area contributed by atoms with E-state index in [4.69, 9.17) is 0 Å². The molecule has 0 spiro atoms. The molecule has 1 aliphatic rings. The van der Waals surface area contributed by atoms with E-state index < -0.39 is 0 Å². The topological polar surface area (TPSA) is 49.4 Å². The molecule has 2 aromatic carbocycles. The SMILES string of the molecule is Cc1ccc(NC(=O)CSc2ccccc2C(=O)N2CCCC(C)C2)cc1. The lowest BCUT2D eigenvalue weighted by Crippen LogP contribution is -2.39. The van der Waals surface area contributed by atoms with Crippen molar-refractivity contribution in [1.82, 2.24) is 4.90 Å². The zero-order valence-corrected chi connectivity index (χ0v) is 16.7. The Morgan fingerprint density at radius 1 is 1.15 bits per heavy atom. The molecule has 2 aromatic rings. The molecule has 1 heterocycles. The first-order valence-electron chi connectivity index (χ1n) is 9.40. The molecular weight excluding hydrogens is 356 g/mol. The van der Waals surface area contributed by atoms with Crippen LogP contribution in [0.15, 0.2) is 53.4 Å². The highest BCUT2D eigenvalue weighted by atomic mass is 32.2. The van der Waals surface area contributed by atoms with Crippen LogP contribution in [0.1, 0.15) is 35.7 Å². The van der Waals surface area contributed by atoms with Crippen molar-refractivity contribution in [2.75, 3.05) is 24.2 Å². The number of amides is 2. The molecule has 1 saturated heterocycles. The highest BCUT2D eigenvalue weighted by Gasteiger charge is 2.23. The molecule has 0 aromatic heterocycles. The number of carbonyl (C=O) groups excluding carboxylic acids is 2. The van der Waals surface area contributed by atoms with Gasteiger partial charge < -0.3 is 10.2 Å². The van der Waals surface area contributed by atoms with Crippen molar-refractivity contribution in [3.63, 3.8) is 0 Å². The number of likely N-dealkylation sites (tertiary alicyclic amines) is 1. The van der Waals surface area contributed by atoms with Crippen LogP contribution in [0.5, 0.6) is 0 Å². The molecule has 1 atom stereocenters. The van der Waals surface area contributed by atoms with Gasteiger partial charge in [-0.1, -0.05) is 36.8 Å². The third kappa shape index (κ3) is 5.36. The van der Waals surface area contributed by atoms with E-state index in [9.17, 15) is 9.59 Å². The number of nitrogens with zero attached hydrogens (tertiary/aromatic N) is 1. The Morgan fingerprint density at radius 2 is 1.89 bits per heavy atom. The van der Waals surface area contributed by atoms with Crippen LogP contribution in [0, 0.1) is 12.8 Å². The Kier molecular flexibility index (Phi) is 6.56. The fraction of sp³-hybridized carbons (Fsp3) is 0.364. The molecule has 2 amide bonds. The average Bonchev–Trinajstić information content (AvgIpc) is 2.68. The summed E-state index contributed by atoms with van der Waals surface area (Å²) in [6.07, 6.45) is 2.24. The van der Waals surface area contributed by atoms with Gasteiger partial charge in [0.2, 0.25) is 5.91 Å². The van der Waals surface area contributed by atoms with Gasteiger partial charge in [0.05, 0.1) is 11.3 Å². The fourth-order valence-corrected chi connectivity index (χ4v) is 4.14. The van der Waals surface area contributed by atoms with Gasteiger partial charge in [0, 0.05) is 23.7 Å². The number of anilines is 1. The van der Waals surface area contributed by atoms with Crippen molar-refractivity contribution in [1.29, 1.82) is 0 Å². The minimum atomic E-state index is -0.0716. The second-order valence-electron chi connectivity index (χ2n) is 7.20.